The van der Waals surface area contributed by atoms with Crippen molar-refractivity contribution in [2.45, 2.75) is 45.1 Å². The number of benzene rings is 1. The summed E-state index contributed by atoms with van der Waals surface area (Å²) in [5.41, 5.74) is 6.48. The summed E-state index contributed by atoms with van der Waals surface area (Å²) in [6.07, 6.45) is -1.22. The van der Waals surface area contributed by atoms with E-state index in [4.69, 9.17) is 25.1 Å². The van der Waals surface area contributed by atoms with Crippen LogP contribution >= 0.6 is 0 Å². The van der Waals surface area contributed by atoms with Gasteiger partial charge in [-0.05, 0) is 51.4 Å². The molecule has 0 saturated carbocycles. The Labute approximate surface area is 176 Å². The number of carboxylic acid groups (broad SMARTS) is 1. The quantitative estimate of drug-likeness (QED) is 0.649. The summed E-state index contributed by atoms with van der Waals surface area (Å²) in [5, 5.41) is 11.3. The fourth-order valence-corrected chi connectivity index (χ4v) is 2.89. The van der Waals surface area contributed by atoms with Crippen LogP contribution in [0.2, 0.25) is 0 Å². The Morgan fingerprint density at radius 3 is 2.48 bits per heavy atom. The summed E-state index contributed by atoms with van der Waals surface area (Å²) in [6.45, 7) is 5.68. The number of aliphatic carboxylic acids is 1. The van der Waals surface area contributed by atoms with Gasteiger partial charge in [0.1, 0.15) is 17.6 Å². The number of hydrogen-bond donors (Lipinski definition) is 3. The number of ether oxygens (including phenoxy) is 2. The molecule has 0 aliphatic carbocycles. The number of carboxylic acids is 1. The number of nitrogens with one attached hydrogen (secondary N) is 1. The number of carbonyl (C=O) groups is 2. The summed E-state index contributed by atoms with van der Waals surface area (Å²) >= 11 is 0. The lowest BCUT2D eigenvalue weighted by Gasteiger charge is -2.24. The molecule has 0 spiro atoms. The van der Waals surface area contributed by atoms with E-state index < -0.39 is 18.1 Å². The second kappa shape index (κ2) is 10.3. The molecular weight excluding hydrogens is 419 g/mol. The van der Waals surface area contributed by atoms with Crippen LogP contribution in [0.3, 0.4) is 0 Å². The van der Waals surface area contributed by atoms with Gasteiger partial charge in [0, 0.05) is 18.1 Å². The molecular formula is C20H24F3N3O5. The SMILES string of the molecule is CC(C)Oc1cc2c(O[C@@H]3CCCNC3)ccnc2cc1C(N)=O.O=C(O)C(F)(F)F. The van der Waals surface area contributed by atoms with Crippen molar-refractivity contribution in [3.8, 4) is 11.5 Å². The van der Waals surface area contributed by atoms with Crippen LogP contribution in [0.25, 0.3) is 10.9 Å². The molecule has 3 rings (SSSR count). The Bertz CT molecular complexity index is 928. The van der Waals surface area contributed by atoms with Gasteiger partial charge in [0.15, 0.2) is 0 Å². The molecule has 1 fully saturated rings. The number of amides is 1. The zero-order valence-corrected chi connectivity index (χ0v) is 17.0. The smallest absolute Gasteiger partial charge is 0.490 e. The molecule has 1 atom stereocenters. The van der Waals surface area contributed by atoms with Gasteiger partial charge in [0.25, 0.3) is 5.91 Å². The van der Waals surface area contributed by atoms with Crippen molar-refractivity contribution >= 4 is 22.8 Å². The molecule has 1 aromatic carbocycles. The molecule has 11 heteroatoms. The van der Waals surface area contributed by atoms with Crippen molar-refractivity contribution in [1.29, 1.82) is 0 Å². The number of aromatic nitrogens is 1. The van der Waals surface area contributed by atoms with Crippen molar-refractivity contribution in [2.75, 3.05) is 13.1 Å². The molecule has 1 amide bonds. The van der Waals surface area contributed by atoms with Crippen LogP contribution < -0.4 is 20.5 Å². The molecule has 0 bridgehead atoms. The third-order valence-corrected chi connectivity index (χ3v) is 4.22. The van der Waals surface area contributed by atoms with Gasteiger partial charge in [-0.25, -0.2) is 4.79 Å². The second-order valence-electron chi connectivity index (χ2n) is 7.09. The van der Waals surface area contributed by atoms with E-state index in [0.717, 1.165) is 37.1 Å². The van der Waals surface area contributed by atoms with E-state index in [0.29, 0.717) is 16.8 Å². The maximum absolute atomic E-state index is 11.7. The number of rotatable bonds is 5. The Hall–Kier alpha value is -3.08. The molecule has 0 unspecified atom stereocenters. The largest absolute Gasteiger partial charge is 0.490 e. The molecule has 0 radical (unpaired) electrons. The predicted octanol–water partition coefficient (Wildman–Crippen LogP) is 2.88. The van der Waals surface area contributed by atoms with Gasteiger partial charge in [0.2, 0.25) is 0 Å². The first-order valence-corrected chi connectivity index (χ1v) is 9.55. The predicted molar refractivity (Wildman–Crippen MR) is 106 cm³/mol. The van der Waals surface area contributed by atoms with Crippen molar-refractivity contribution in [3.63, 3.8) is 0 Å². The normalized spacial score (nSPS) is 16.4. The fourth-order valence-electron chi connectivity index (χ4n) is 2.89. The van der Waals surface area contributed by atoms with Gasteiger partial charge >= 0.3 is 12.1 Å². The highest BCUT2D eigenvalue weighted by molar-refractivity contribution is 6.01. The maximum atomic E-state index is 11.7. The third-order valence-electron chi connectivity index (χ3n) is 4.22. The highest BCUT2D eigenvalue weighted by atomic mass is 19.4. The molecule has 2 aromatic rings. The molecule has 31 heavy (non-hydrogen) atoms. The summed E-state index contributed by atoms with van der Waals surface area (Å²) in [5.74, 6) is -2.08. The molecule has 2 heterocycles. The van der Waals surface area contributed by atoms with E-state index in [1.54, 1.807) is 18.3 Å². The van der Waals surface area contributed by atoms with Crippen molar-refractivity contribution < 1.29 is 37.3 Å². The Morgan fingerprint density at radius 1 is 1.29 bits per heavy atom. The van der Waals surface area contributed by atoms with Gasteiger partial charge in [0.05, 0.1) is 17.2 Å². The number of hydrogen-bond acceptors (Lipinski definition) is 6. The maximum Gasteiger partial charge on any atom is 0.490 e. The highest BCUT2D eigenvalue weighted by Gasteiger charge is 2.38. The summed E-state index contributed by atoms with van der Waals surface area (Å²) < 4.78 is 43.7. The zero-order valence-electron chi connectivity index (χ0n) is 17.0. The van der Waals surface area contributed by atoms with E-state index in [9.17, 15) is 18.0 Å². The number of primary amides is 1. The molecule has 4 N–H and O–H groups in total. The highest BCUT2D eigenvalue weighted by Crippen LogP contribution is 2.32. The average molecular weight is 443 g/mol. The van der Waals surface area contributed by atoms with Gasteiger partial charge in [-0.3, -0.25) is 9.78 Å². The van der Waals surface area contributed by atoms with Gasteiger partial charge < -0.3 is 25.6 Å². The molecule has 170 valence electrons. The number of halogens is 3. The molecule has 8 nitrogen and oxygen atoms in total. The van der Waals surface area contributed by atoms with Gasteiger partial charge in [-0.1, -0.05) is 0 Å². The van der Waals surface area contributed by atoms with Crippen LogP contribution in [0, 0.1) is 0 Å². The molecule has 1 saturated heterocycles. The Balaban J connectivity index is 0.000000423. The van der Waals surface area contributed by atoms with E-state index in [1.807, 2.05) is 19.9 Å². The van der Waals surface area contributed by atoms with Crippen LogP contribution in [0.15, 0.2) is 24.4 Å². The van der Waals surface area contributed by atoms with Gasteiger partial charge in [-0.2, -0.15) is 13.2 Å². The van der Waals surface area contributed by atoms with E-state index in [-0.39, 0.29) is 12.2 Å². The van der Waals surface area contributed by atoms with E-state index in [1.165, 1.54) is 0 Å². The van der Waals surface area contributed by atoms with Crippen molar-refractivity contribution in [2.24, 2.45) is 5.73 Å². The van der Waals surface area contributed by atoms with Crippen LogP contribution in [-0.2, 0) is 4.79 Å². The number of alkyl halides is 3. The summed E-state index contributed by atoms with van der Waals surface area (Å²) in [4.78, 5) is 25.0. The topological polar surface area (TPSA) is 124 Å². The zero-order chi connectivity index (χ0) is 23.2. The standard InChI is InChI=1S/C18H23N3O3.C2HF3O2/c1-11(2)23-17-9-13-15(8-14(17)18(19)22)21-7-5-16(13)24-12-4-3-6-20-10-12;3-2(4,5)1(6)7/h5,7-9,11-12,20H,3-4,6,10H2,1-2H3,(H2,19,22);(H,6,7)/t12-;/m1./s1. The van der Waals surface area contributed by atoms with Crippen LogP contribution in [-0.4, -0.2) is 53.4 Å². The number of carbonyl (C=O) groups excluding carboxylic acids is 1. The first-order valence-electron chi connectivity index (χ1n) is 9.55. The number of fused-ring (bicyclic) bond motifs is 1. The number of pyridine rings is 1. The number of nitrogens with zero attached hydrogens (tertiary/aromatic N) is 1. The number of piperidine rings is 1. The van der Waals surface area contributed by atoms with E-state index >= 15 is 0 Å². The Morgan fingerprint density at radius 2 is 1.97 bits per heavy atom. The van der Waals surface area contributed by atoms with Crippen molar-refractivity contribution in [1.82, 2.24) is 10.3 Å². The summed E-state index contributed by atoms with van der Waals surface area (Å²) in [7, 11) is 0. The van der Waals surface area contributed by atoms with Crippen LogP contribution in [0.1, 0.15) is 37.0 Å². The third kappa shape index (κ3) is 6.99. The molecule has 1 aliphatic rings. The minimum atomic E-state index is -5.08. The molecule has 1 aliphatic heterocycles. The minimum Gasteiger partial charge on any atom is -0.490 e. The van der Waals surface area contributed by atoms with Crippen molar-refractivity contribution in [3.05, 3.63) is 30.0 Å². The summed E-state index contributed by atoms with van der Waals surface area (Å²) in [6, 6.07) is 5.31. The van der Waals surface area contributed by atoms with Crippen LogP contribution in [0.4, 0.5) is 13.2 Å². The van der Waals surface area contributed by atoms with Gasteiger partial charge in [-0.15, -0.1) is 0 Å². The monoisotopic (exact) mass is 443 g/mol. The lowest BCUT2D eigenvalue weighted by Crippen LogP contribution is -2.37. The van der Waals surface area contributed by atoms with Crippen LogP contribution in [0.5, 0.6) is 11.5 Å². The lowest BCUT2D eigenvalue weighted by atomic mass is 10.1. The number of nitrogens with two attached hydrogens (primary N) is 1. The first kappa shape index (κ1) is 24.2. The fraction of sp³-hybridized carbons (Fsp3) is 0.450. The first-order chi connectivity index (χ1) is 14.5. The Kier molecular flexibility index (Phi) is 8.03. The average Bonchev–Trinajstić information content (AvgIpc) is 2.68. The second-order valence-corrected chi connectivity index (χ2v) is 7.09. The van der Waals surface area contributed by atoms with E-state index in [2.05, 4.69) is 10.3 Å². The minimum absolute atomic E-state index is 0.0656. The molecule has 1 aromatic heterocycles. The lowest BCUT2D eigenvalue weighted by molar-refractivity contribution is -0.192.